The molecule has 0 aliphatic carbocycles. The molecule has 5 heteroatoms. The quantitative estimate of drug-likeness (QED) is 0.564. The third-order valence-corrected chi connectivity index (χ3v) is 4.44. The van der Waals surface area contributed by atoms with Crippen molar-refractivity contribution in [3.63, 3.8) is 0 Å². The molecule has 0 amide bonds. The van der Waals surface area contributed by atoms with Crippen LogP contribution in [-0.2, 0) is 13.2 Å². The Hall–Kier alpha value is -2.98. The number of rotatable bonds is 7. The van der Waals surface area contributed by atoms with Crippen molar-refractivity contribution in [1.29, 1.82) is 0 Å². The number of halogens is 1. The molecule has 0 saturated heterocycles. The lowest BCUT2D eigenvalue weighted by Crippen LogP contribution is -2.04. The highest BCUT2D eigenvalue weighted by molar-refractivity contribution is 6.30. The number of hydrogen-bond donors (Lipinski definition) is 2. The molecule has 2 N–H and O–H groups in total. The molecule has 0 unspecified atom stereocenters. The summed E-state index contributed by atoms with van der Waals surface area (Å²) in [4.78, 5) is 11.1. The minimum atomic E-state index is -0.935. The molecule has 0 spiro atoms. The molecule has 138 valence electrons. The second kappa shape index (κ2) is 8.60. The van der Waals surface area contributed by atoms with Gasteiger partial charge in [0.25, 0.3) is 0 Å². The van der Waals surface area contributed by atoms with Gasteiger partial charge < -0.3 is 15.2 Å². The molecule has 0 fully saturated rings. The van der Waals surface area contributed by atoms with Crippen LogP contribution < -0.4 is 10.1 Å². The van der Waals surface area contributed by atoms with Crippen LogP contribution in [0.3, 0.4) is 0 Å². The van der Waals surface area contributed by atoms with Gasteiger partial charge in [0.2, 0.25) is 0 Å². The Kier molecular flexibility index (Phi) is 5.99. The zero-order valence-corrected chi connectivity index (χ0v) is 15.7. The molecule has 0 bridgehead atoms. The Morgan fingerprint density at radius 1 is 1.04 bits per heavy atom. The summed E-state index contributed by atoms with van der Waals surface area (Å²) < 4.78 is 5.85. The second-order valence-electron chi connectivity index (χ2n) is 6.25. The predicted octanol–water partition coefficient (Wildman–Crippen LogP) is 5.54. The van der Waals surface area contributed by atoms with Gasteiger partial charge >= 0.3 is 5.97 Å². The molecule has 3 rings (SSSR count). The van der Waals surface area contributed by atoms with Crippen molar-refractivity contribution in [3.8, 4) is 5.75 Å². The SMILES string of the molecule is Cc1ccc(C(=O)O)cc1NCc1cccc(OCc2ccc(Cl)cc2)c1. The van der Waals surface area contributed by atoms with Gasteiger partial charge in [0.1, 0.15) is 12.4 Å². The fourth-order valence-electron chi connectivity index (χ4n) is 2.64. The molecule has 3 aromatic carbocycles. The van der Waals surface area contributed by atoms with Gasteiger partial charge in [-0.3, -0.25) is 0 Å². The molecule has 27 heavy (non-hydrogen) atoms. The van der Waals surface area contributed by atoms with Crippen LogP contribution in [0.25, 0.3) is 0 Å². The number of ether oxygens (including phenoxy) is 1. The van der Waals surface area contributed by atoms with E-state index < -0.39 is 5.97 Å². The largest absolute Gasteiger partial charge is 0.489 e. The van der Waals surface area contributed by atoms with Crippen molar-refractivity contribution in [3.05, 3.63) is 94.0 Å². The molecule has 0 aliphatic heterocycles. The van der Waals surface area contributed by atoms with E-state index in [0.29, 0.717) is 18.2 Å². The average Bonchev–Trinajstić information content (AvgIpc) is 2.67. The number of benzene rings is 3. The Morgan fingerprint density at radius 3 is 2.56 bits per heavy atom. The van der Waals surface area contributed by atoms with Crippen molar-refractivity contribution >= 4 is 23.3 Å². The minimum absolute atomic E-state index is 0.267. The van der Waals surface area contributed by atoms with E-state index in [1.807, 2.05) is 55.5 Å². The third kappa shape index (κ3) is 5.25. The van der Waals surface area contributed by atoms with Crippen molar-refractivity contribution in [2.75, 3.05) is 5.32 Å². The first-order chi connectivity index (χ1) is 13.0. The Balaban J connectivity index is 1.63. The summed E-state index contributed by atoms with van der Waals surface area (Å²) in [5.41, 5.74) is 4.16. The number of hydrogen-bond acceptors (Lipinski definition) is 3. The molecular formula is C22H20ClNO3. The zero-order valence-electron chi connectivity index (χ0n) is 14.9. The molecule has 4 nitrogen and oxygen atoms in total. The summed E-state index contributed by atoms with van der Waals surface area (Å²) in [7, 11) is 0. The lowest BCUT2D eigenvalue weighted by atomic mass is 10.1. The van der Waals surface area contributed by atoms with Gasteiger partial charge in [0, 0.05) is 17.3 Å². The third-order valence-electron chi connectivity index (χ3n) is 4.18. The average molecular weight is 382 g/mol. The van der Waals surface area contributed by atoms with E-state index in [-0.39, 0.29) is 5.56 Å². The van der Waals surface area contributed by atoms with Crippen LogP contribution in [0.5, 0.6) is 5.75 Å². The van der Waals surface area contributed by atoms with Crippen LogP contribution in [0.1, 0.15) is 27.0 Å². The second-order valence-corrected chi connectivity index (χ2v) is 6.69. The van der Waals surface area contributed by atoms with Crippen LogP contribution in [0.2, 0.25) is 5.02 Å². The number of nitrogens with one attached hydrogen (secondary N) is 1. The maximum atomic E-state index is 11.1. The van der Waals surface area contributed by atoms with Crippen LogP contribution in [0, 0.1) is 6.92 Å². The molecular weight excluding hydrogens is 362 g/mol. The van der Waals surface area contributed by atoms with Gasteiger partial charge in [-0.2, -0.15) is 0 Å². The van der Waals surface area contributed by atoms with E-state index in [2.05, 4.69) is 5.32 Å². The summed E-state index contributed by atoms with van der Waals surface area (Å²) in [6.45, 7) is 2.98. The number of carbonyl (C=O) groups is 1. The van der Waals surface area contributed by atoms with E-state index in [4.69, 9.17) is 21.4 Å². The van der Waals surface area contributed by atoms with Crippen molar-refractivity contribution in [2.24, 2.45) is 0 Å². The maximum Gasteiger partial charge on any atom is 0.335 e. The smallest absolute Gasteiger partial charge is 0.335 e. The van der Waals surface area contributed by atoms with Crippen LogP contribution in [0.15, 0.2) is 66.7 Å². The number of aromatic carboxylic acids is 1. The lowest BCUT2D eigenvalue weighted by molar-refractivity contribution is 0.0697. The normalized spacial score (nSPS) is 10.4. The molecule has 0 heterocycles. The van der Waals surface area contributed by atoms with Gasteiger partial charge in [-0.15, -0.1) is 0 Å². The van der Waals surface area contributed by atoms with Gasteiger partial charge in [-0.1, -0.05) is 41.9 Å². The van der Waals surface area contributed by atoms with E-state index in [0.717, 1.165) is 28.1 Å². The monoisotopic (exact) mass is 381 g/mol. The molecule has 0 aromatic heterocycles. The lowest BCUT2D eigenvalue weighted by Gasteiger charge is -2.12. The van der Waals surface area contributed by atoms with Crippen LogP contribution in [-0.4, -0.2) is 11.1 Å². The molecule has 0 aliphatic rings. The van der Waals surface area contributed by atoms with Gasteiger partial charge in [0.15, 0.2) is 0 Å². The fraction of sp³-hybridized carbons (Fsp3) is 0.136. The standard InChI is InChI=1S/C22H20ClNO3/c1-15-5-8-18(22(25)26)12-21(15)24-13-17-3-2-4-20(11-17)27-14-16-6-9-19(23)10-7-16/h2-12,24H,13-14H2,1H3,(H,25,26). The first-order valence-corrected chi connectivity index (χ1v) is 8.93. The van der Waals surface area contributed by atoms with Crippen molar-refractivity contribution in [2.45, 2.75) is 20.1 Å². The van der Waals surface area contributed by atoms with Gasteiger partial charge in [-0.05, 0) is 60.0 Å². The zero-order chi connectivity index (χ0) is 19.2. The van der Waals surface area contributed by atoms with E-state index in [9.17, 15) is 4.79 Å². The summed E-state index contributed by atoms with van der Waals surface area (Å²) >= 11 is 5.89. The summed E-state index contributed by atoms with van der Waals surface area (Å²) in [6, 6.07) is 20.4. The maximum absolute atomic E-state index is 11.1. The van der Waals surface area contributed by atoms with Gasteiger partial charge in [0.05, 0.1) is 5.56 Å². The Morgan fingerprint density at radius 2 is 1.81 bits per heavy atom. The van der Waals surface area contributed by atoms with E-state index in [1.165, 1.54) is 0 Å². The summed E-state index contributed by atoms with van der Waals surface area (Å²) in [5, 5.41) is 13.1. The van der Waals surface area contributed by atoms with Gasteiger partial charge in [-0.25, -0.2) is 4.79 Å². The highest BCUT2D eigenvalue weighted by Crippen LogP contribution is 2.20. The number of aryl methyl sites for hydroxylation is 1. The molecule has 0 saturated carbocycles. The van der Waals surface area contributed by atoms with Crippen molar-refractivity contribution < 1.29 is 14.6 Å². The Labute approximate surface area is 163 Å². The number of anilines is 1. The highest BCUT2D eigenvalue weighted by atomic mass is 35.5. The highest BCUT2D eigenvalue weighted by Gasteiger charge is 2.06. The first kappa shape index (κ1) is 18.8. The fourth-order valence-corrected chi connectivity index (χ4v) is 2.76. The predicted molar refractivity (Wildman–Crippen MR) is 108 cm³/mol. The topological polar surface area (TPSA) is 58.6 Å². The van der Waals surface area contributed by atoms with E-state index >= 15 is 0 Å². The minimum Gasteiger partial charge on any atom is -0.489 e. The number of carboxylic acids is 1. The van der Waals surface area contributed by atoms with E-state index in [1.54, 1.807) is 18.2 Å². The summed E-state index contributed by atoms with van der Waals surface area (Å²) in [6.07, 6.45) is 0. The summed E-state index contributed by atoms with van der Waals surface area (Å²) in [5.74, 6) is -0.157. The van der Waals surface area contributed by atoms with Crippen LogP contribution in [0.4, 0.5) is 5.69 Å². The molecule has 0 atom stereocenters. The molecule has 0 radical (unpaired) electrons. The first-order valence-electron chi connectivity index (χ1n) is 8.55. The number of carboxylic acid groups (broad SMARTS) is 1. The Bertz CT molecular complexity index is 939. The van der Waals surface area contributed by atoms with Crippen LogP contribution >= 0.6 is 11.6 Å². The molecule has 3 aromatic rings. The van der Waals surface area contributed by atoms with Crippen molar-refractivity contribution in [1.82, 2.24) is 0 Å².